The van der Waals surface area contributed by atoms with Crippen molar-refractivity contribution in [1.29, 1.82) is 0 Å². The summed E-state index contributed by atoms with van der Waals surface area (Å²) in [6.07, 6.45) is 1.80. The number of rotatable bonds is 14. The summed E-state index contributed by atoms with van der Waals surface area (Å²) in [5.41, 5.74) is 2.16. The highest BCUT2D eigenvalue weighted by molar-refractivity contribution is 9.10. The zero-order valence-corrected chi connectivity index (χ0v) is 29.0. The smallest absolute Gasteiger partial charge is 0.259 e. The van der Waals surface area contributed by atoms with Gasteiger partial charge in [0.1, 0.15) is 23.0 Å². The van der Waals surface area contributed by atoms with Gasteiger partial charge >= 0.3 is 0 Å². The lowest BCUT2D eigenvalue weighted by Gasteiger charge is -2.14. The molecule has 0 aromatic heterocycles. The average Bonchev–Trinajstić information content (AvgIpc) is 3.00. The van der Waals surface area contributed by atoms with Crippen molar-refractivity contribution in [3.8, 4) is 23.0 Å². The highest BCUT2D eigenvalue weighted by Crippen LogP contribution is 2.29. The predicted molar refractivity (Wildman–Crippen MR) is 187 cm³/mol. The molecule has 0 unspecified atom stereocenters. The summed E-state index contributed by atoms with van der Waals surface area (Å²) in [5.74, 6) is 2.77. The fourth-order valence-corrected chi connectivity index (χ4v) is 4.89. The van der Waals surface area contributed by atoms with Crippen LogP contribution < -0.4 is 24.8 Å². The zero-order chi connectivity index (χ0) is 32.3. The van der Waals surface area contributed by atoms with Gasteiger partial charge in [0.25, 0.3) is 11.8 Å². The summed E-state index contributed by atoms with van der Waals surface area (Å²) < 4.78 is 19.4. The van der Waals surface area contributed by atoms with Crippen LogP contribution in [0.2, 0.25) is 0 Å². The Balaban J connectivity index is 1.34. The van der Waals surface area contributed by atoms with Crippen molar-refractivity contribution in [2.75, 3.05) is 23.8 Å². The molecule has 45 heavy (non-hydrogen) atoms. The Bertz CT molecular complexity index is 1470. The summed E-state index contributed by atoms with van der Waals surface area (Å²) in [7, 11) is 0. The van der Waals surface area contributed by atoms with Crippen LogP contribution in [0.25, 0.3) is 0 Å². The molecule has 0 aliphatic heterocycles. The van der Waals surface area contributed by atoms with E-state index in [0.29, 0.717) is 70.5 Å². The van der Waals surface area contributed by atoms with E-state index < -0.39 is 0 Å². The maximum Gasteiger partial charge on any atom is 0.259 e. The molecule has 0 saturated carbocycles. The summed E-state index contributed by atoms with van der Waals surface area (Å²) in [6.45, 7) is 9.61. The van der Waals surface area contributed by atoms with Gasteiger partial charge in [-0.25, -0.2) is 0 Å². The molecule has 0 radical (unpaired) electrons. The van der Waals surface area contributed by atoms with Gasteiger partial charge in [0.15, 0.2) is 0 Å². The van der Waals surface area contributed by atoms with E-state index in [1.165, 1.54) is 0 Å². The number of hydrogen-bond donors (Lipinski definition) is 2. The van der Waals surface area contributed by atoms with Crippen LogP contribution in [0, 0.1) is 11.8 Å². The van der Waals surface area contributed by atoms with Gasteiger partial charge in [0.05, 0.1) is 24.3 Å². The van der Waals surface area contributed by atoms with Gasteiger partial charge < -0.3 is 24.8 Å². The number of halogens is 2. The first-order chi connectivity index (χ1) is 21.6. The Hall–Kier alpha value is -3.82. The molecular formula is C36H38Br2N2O5. The minimum atomic E-state index is -0.265. The maximum absolute atomic E-state index is 13.1. The van der Waals surface area contributed by atoms with E-state index in [1.54, 1.807) is 72.8 Å². The van der Waals surface area contributed by atoms with Gasteiger partial charge in [0, 0.05) is 20.3 Å². The Morgan fingerprint density at radius 1 is 0.600 bits per heavy atom. The lowest BCUT2D eigenvalue weighted by atomic mass is 10.1. The molecule has 0 heterocycles. The lowest BCUT2D eigenvalue weighted by Crippen LogP contribution is -2.14. The van der Waals surface area contributed by atoms with E-state index >= 15 is 0 Å². The number of carbonyl (C=O) groups excluding carboxylic acids is 2. The van der Waals surface area contributed by atoms with Crippen molar-refractivity contribution in [2.45, 2.75) is 40.5 Å². The second-order valence-electron chi connectivity index (χ2n) is 11.4. The minimum absolute atomic E-state index is 0.265. The Labute approximate surface area is 281 Å². The molecule has 4 aromatic rings. The molecule has 0 fully saturated rings. The van der Waals surface area contributed by atoms with Crippen molar-refractivity contribution >= 4 is 55.0 Å². The van der Waals surface area contributed by atoms with Crippen LogP contribution in [0.15, 0.2) is 93.9 Å². The third-order valence-electron chi connectivity index (χ3n) is 6.74. The first kappa shape index (κ1) is 34.1. The van der Waals surface area contributed by atoms with Gasteiger partial charge in [-0.15, -0.1) is 0 Å². The average molecular weight is 739 g/mol. The molecule has 7 nitrogen and oxygen atoms in total. The highest BCUT2D eigenvalue weighted by Gasteiger charge is 2.16. The van der Waals surface area contributed by atoms with Crippen molar-refractivity contribution in [2.24, 2.45) is 11.8 Å². The van der Waals surface area contributed by atoms with E-state index in [0.717, 1.165) is 21.8 Å². The van der Waals surface area contributed by atoms with E-state index in [1.807, 2.05) is 12.1 Å². The minimum Gasteiger partial charge on any atom is -0.493 e. The molecule has 0 aliphatic rings. The Morgan fingerprint density at radius 3 is 1.33 bits per heavy atom. The summed E-state index contributed by atoms with van der Waals surface area (Å²) in [4.78, 5) is 26.2. The molecule has 0 spiro atoms. The van der Waals surface area contributed by atoms with Crippen molar-refractivity contribution in [3.63, 3.8) is 0 Å². The molecule has 0 aliphatic carbocycles. The first-order valence-electron chi connectivity index (χ1n) is 14.9. The second kappa shape index (κ2) is 16.5. The van der Waals surface area contributed by atoms with Gasteiger partial charge in [-0.1, -0.05) is 59.6 Å². The lowest BCUT2D eigenvalue weighted by molar-refractivity contribution is 0.101. The van der Waals surface area contributed by atoms with Crippen LogP contribution in [-0.4, -0.2) is 25.0 Å². The number of carbonyl (C=O) groups is 2. The highest BCUT2D eigenvalue weighted by atomic mass is 79.9. The SMILES string of the molecule is CC(C)CCOc1ccc(Br)cc1C(=O)Nc1ccc(Oc2ccc(NC(=O)c3cc(Br)ccc3OCCC(C)C)cc2)cc1. The van der Waals surface area contributed by atoms with Crippen LogP contribution in [0.3, 0.4) is 0 Å². The molecule has 4 aromatic carbocycles. The van der Waals surface area contributed by atoms with E-state index in [9.17, 15) is 9.59 Å². The molecule has 9 heteroatoms. The standard InChI is InChI=1S/C36H38Br2N2O5/c1-23(2)17-19-43-33-15-5-25(37)21-31(33)35(41)39-27-7-11-29(12-8-27)45-30-13-9-28(10-14-30)40-36(42)32-22-26(38)6-16-34(32)44-20-18-24(3)4/h5-16,21-24H,17-20H2,1-4H3,(H,39,41)(H,40,42). The van der Waals surface area contributed by atoms with Crippen LogP contribution in [0.1, 0.15) is 61.3 Å². The summed E-state index contributed by atoms with van der Waals surface area (Å²) in [5, 5.41) is 5.86. The molecule has 2 amide bonds. The van der Waals surface area contributed by atoms with Gasteiger partial charge in [-0.3, -0.25) is 9.59 Å². The fraction of sp³-hybridized carbons (Fsp3) is 0.278. The second-order valence-corrected chi connectivity index (χ2v) is 13.2. The van der Waals surface area contributed by atoms with Crippen molar-refractivity contribution in [3.05, 3.63) is 105 Å². The van der Waals surface area contributed by atoms with Crippen molar-refractivity contribution in [1.82, 2.24) is 0 Å². The molecule has 4 rings (SSSR count). The maximum atomic E-state index is 13.1. The largest absolute Gasteiger partial charge is 0.493 e. The number of ether oxygens (including phenoxy) is 3. The predicted octanol–water partition coefficient (Wildman–Crippen LogP) is 10.4. The molecule has 0 atom stereocenters. The van der Waals surface area contributed by atoms with E-state index in [4.69, 9.17) is 14.2 Å². The first-order valence-corrected chi connectivity index (χ1v) is 16.5. The zero-order valence-electron chi connectivity index (χ0n) is 25.9. The monoisotopic (exact) mass is 736 g/mol. The van der Waals surface area contributed by atoms with Crippen LogP contribution in [0.5, 0.6) is 23.0 Å². The van der Waals surface area contributed by atoms with Gasteiger partial charge in [-0.05, 0) is 110 Å². The van der Waals surface area contributed by atoms with Crippen LogP contribution in [-0.2, 0) is 0 Å². The third kappa shape index (κ3) is 10.6. The quantitative estimate of drug-likeness (QED) is 0.135. The van der Waals surface area contributed by atoms with Crippen LogP contribution >= 0.6 is 31.9 Å². The number of benzene rings is 4. The molecular weight excluding hydrogens is 700 g/mol. The third-order valence-corrected chi connectivity index (χ3v) is 7.72. The molecule has 236 valence electrons. The topological polar surface area (TPSA) is 85.9 Å². The molecule has 2 N–H and O–H groups in total. The van der Waals surface area contributed by atoms with E-state index in [-0.39, 0.29) is 11.8 Å². The Morgan fingerprint density at radius 2 is 0.978 bits per heavy atom. The molecule has 0 saturated heterocycles. The van der Waals surface area contributed by atoms with E-state index in [2.05, 4.69) is 70.2 Å². The normalized spacial score (nSPS) is 10.9. The van der Waals surface area contributed by atoms with Crippen molar-refractivity contribution < 1.29 is 23.8 Å². The molecule has 0 bridgehead atoms. The summed E-state index contributed by atoms with van der Waals surface area (Å²) >= 11 is 6.89. The number of hydrogen-bond acceptors (Lipinski definition) is 5. The number of nitrogens with one attached hydrogen (secondary N) is 2. The fourth-order valence-electron chi connectivity index (χ4n) is 4.17. The summed E-state index contributed by atoms with van der Waals surface area (Å²) in [6, 6.07) is 25.0. The van der Waals surface area contributed by atoms with Gasteiger partial charge in [0.2, 0.25) is 0 Å². The number of anilines is 2. The number of amides is 2. The van der Waals surface area contributed by atoms with Crippen LogP contribution in [0.4, 0.5) is 11.4 Å². The van der Waals surface area contributed by atoms with Gasteiger partial charge in [-0.2, -0.15) is 0 Å². The Kier molecular flexibility index (Phi) is 12.5.